The number of aliphatic carboxylic acids is 1. The molecule has 0 aliphatic rings. The molecule has 0 saturated carbocycles. The van der Waals surface area contributed by atoms with Crippen molar-refractivity contribution in [2.24, 2.45) is 7.05 Å². The second-order valence-electron chi connectivity index (χ2n) is 9.27. The lowest BCUT2D eigenvalue weighted by Gasteiger charge is -2.20. The minimum Gasteiger partial charge on any atom is -0.483 e. The van der Waals surface area contributed by atoms with E-state index in [2.05, 4.69) is 15.3 Å². The Balaban J connectivity index is 1.61. The molecule has 2 aromatic heterocycles. The number of carboxylic acids is 1. The van der Waals surface area contributed by atoms with E-state index in [0.29, 0.717) is 42.7 Å². The fourth-order valence-corrected chi connectivity index (χ4v) is 5.36. The molecule has 8 nitrogen and oxygen atoms in total. The van der Waals surface area contributed by atoms with Crippen LogP contribution >= 0.6 is 23.1 Å². The molecule has 2 heterocycles. The van der Waals surface area contributed by atoms with E-state index < -0.39 is 24.0 Å². The third kappa shape index (κ3) is 7.92. The maximum absolute atomic E-state index is 13.5. The van der Waals surface area contributed by atoms with Crippen LogP contribution in [0.15, 0.2) is 66.6 Å². The summed E-state index contributed by atoms with van der Waals surface area (Å²) < 4.78 is 21.7. The van der Waals surface area contributed by atoms with Gasteiger partial charge in [0.1, 0.15) is 22.6 Å². The minimum absolute atomic E-state index is 0.306. The molecule has 2 aromatic carbocycles. The summed E-state index contributed by atoms with van der Waals surface area (Å²) in [7, 11) is 1.91. The zero-order valence-corrected chi connectivity index (χ0v) is 23.9. The standard InChI is InChI=1S/C29H31FN4O4S2/c1-34-18-31-17-22(34)15-26(28-32-12-14-40-28)38-23-10-7-20(6-3-19-4-8-21(30)9-5-19)24(16-23)27(35)33-25(29(36)37)11-13-39-2/h4-5,7-10,12,14,16-18,25-26H,3,6,11,13,15H2,1-2H3,(H,33,35)(H,36,37)/t25-,26?/m0/s1. The number of rotatable bonds is 14. The van der Waals surface area contributed by atoms with E-state index in [1.54, 1.807) is 36.9 Å². The highest BCUT2D eigenvalue weighted by atomic mass is 32.2. The fourth-order valence-electron chi connectivity index (χ4n) is 4.23. The van der Waals surface area contributed by atoms with Gasteiger partial charge in [-0.25, -0.2) is 19.2 Å². The van der Waals surface area contributed by atoms with Gasteiger partial charge in [-0.05, 0) is 66.7 Å². The van der Waals surface area contributed by atoms with E-state index in [9.17, 15) is 19.1 Å². The Morgan fingerprint density at radius 1 is 1.20 bits per heavy atom. The maximum Gasteiger partial charge on any atom is 0.326 e. The van der Waals surface area contributed by atoms with Crippen molar-refractivity contribution in [2.75, 3.05) is 12.0 Å². The molecule has 0 radical (unpaired) electrons. The average Bonchev–Trinajstić information content (AvgIpc) is 3.62. The van der Waals surface area contributed by atoms with E-state index in [1.807, 2.05) is 35.4 Å². The fraction of sp³-hybridized carbons (Fsp3) is 0.310. The summed E-state index contributed by atoms with van der Waals surface area (Å²) in [6, 6.07) is 10.5. The van der Waals surface area contributed by atoms with Gasteiger partial charge in [0.15, 0.2) is 6.10 Å². The Bertz CT molecular complexity index is 1410. The van der Waals surface area contributed by atoms with Gasteiger partial charge in [0.25, 0.3) is 5.91 Å². The summed E-state index contributed by atoms with van der Waals surface area (Å²) in [5.74, 6) is -0.806. The van der Waals surface area contributed by atoms with Crippen molar-refractivity contribution in [2.45, 2.75) is 37.8 Å². The number of nitrogens with zero attached hydrogens (tertiary/aromatic N) is 3. The van der Waals surface area contributed by atoms with E-state index in [-0.39, 0.29) is 5.82 Å². The molecule has 11 heteroatoms. The number of carbonyl (C=O) groups is 2. The number of carboxylic acid groups (broad SMARTS) is 1. The van der Waals surface area contributed by atoms with Gasteiger partial charge in [-0.1, -0.05) is 18.2 Å². The Morgan fingerprint density at radius 3 is 2.65 bits per heavy atom. The molecule has 4 rings (SSSR count). The number of thioether (sulfide) groups is 1. The van der Waals surface area contributed by atoms with Crippen LogP contribution in [0.4, 0.5) is 4.39 Å². The quantitative estimate of drug-likeness (QED) is 0.213. The molecule has 0 fully saturated rings. The molecular formula is C29H31FN4O4S2. The van der Waals surface area contributed by atoms with Crippen molar-refractivity contribution in [3.8, 4) is 5.75 Å². The van der Waals surface area contributed by atoms with Gasteiger partial charge >= 0.3 is 5.97 Å². The molecule has 0 bridgehead atoms. The van der Waals surface area contributed by atoms with Gasteiger partial charge in [0.2, 0.25) is 0 Å². The number of halogens is 1. The zero-order chi connectivity index (χ0) is 28.5. The van der Waals surface area contributed by atoms with E-state index in [0.717, 1.165) is 21.8 Å². The Labute approximate surface area is 240 Å². The van der Waals surface area contributed by atoms with Crippen LogP contribution in [0.1, 0.15) is 44.7 Å². The van der Waals surface area contributed by atoms with E-state index in [4.69, 9.17) is 4.74 Å². The van der Waals surface area contributed by atoms with Crippen molar-refractivity contribution in [1.29, 1.82) is 0 Å². The van der Waals surface area contributed by atoms with Crippen molar-refractivity contribution >= 4 is 35.0 Å². The van der Waals surface area contributed by atoms with Crippen LogP contribution in [0, 0.1) is 5.82 Å². The zero-order valence-electron chi connectivity index (χ0n) is 22.2. The average molecular weight is 583 g/mol. The smallest absolute Gasteiger partial charge is 0.326 e. The topological polar surface area (TPSA) is 106 Å². The van der Waals surface area contributed by atoms with E-state index in [1.165, 1.54) is 35.2 Å². The molecule has 1 unspecified atom stereocenters. The van der Waals surface area contributed by atoms with Crippen LogP contribution < -0.4 is 10.1 Å². The molecule has 2 atom stereocenters. The van der Waals surface area contributed by atoms with Crippen molar-refractivity contribution in [3.63, 3.8) is 0 Å². The predicted molar refractivity (Wildman–Crippen MR) is 155 cm³/mol. The first-order valence-electron chi connectivity index (χ1n) is 12.7. The number of amides is 1. The summed E-state index contributed by atoms with van der Waals surface area (Å²) in [6.45, 7) is 0. The lowest BCUT2D eigenvalue weighted by Crippen LogP contribution is -2.41. The summed E-state index contributed by atoms with van der Waals surface area (Å²) in [5.41, 5.74) is 2.97. The second kappa shape index (κ2) is 14.1. The molecule has 0 spiro atoms. The second-order valence-corrected chi connectivity index (χ2v) is 11.2. The highest BCUT2D eigenvalue weighted by Gasteiger charge is 2.24. The third-order valence-electron chi connectivity index (χ3n) is 6.45. The first-order valence-corrected chi connectivity index (χ1v) is 15.0. The number of ether oxygens (including phenoxy) is 1. The molecule has 40 heavy (non-hydrogen) atoms. The minimum atomic E-state index is -1.08. The van der Waals surface area contributed by atoms with Crippen LogP contribution in [0.2, 0.25) is 0 Å². The predicted octanol–water partition coefficient (Wildman–Crippen LogP) is 5.10. The van der Waals surface area contributed by atoms with Crippen LogP contribution in [0.5, 0.6) is 5.75 Å². The van der Waals surface area contributed by atoms with Crippen LogP contribution in [0.3, 0.4) is 0 Å². The number of aryl methyl sites for hydroxylation is 3. The summed E-state index contributed by atoms with van der Waals surface area (Å²) in [5, 5.41) is 15.0. The number of aromatic nitrogens is 3. The Kier molecular flexibility index (Phi) is 10.3. The Morgan fingerprint density at radius 2 is 2.00 bits per heavy atom. The molecular weight excluding hydrogens is 551 g/mol. The number of benzene rings is 2. The van der Waals surface area contributed by atoms with Crippen LogP contribution in [-0.2, 0) is 31.1 Å². The van der Waals surface area contributed by atoms with Gasteiger partial charge in [-0.15, -0.1) is 11.3 Å². The summed E-state index contributed by atoms with van der Waals surface area (Å²) in [6.07, 6.45) is 8.61. The largest absolute Gasteiger partial charge is 0.483 e. The summed E-state index contributed by atoms with van der Waals surface area (Å²) in [4.78, 5) is 33.9. The lowest BCUT2D eigenvalue weighted by molar-refractivity contribution is -0.139. The molecule has 1 amide bonds. The normalized spacial score (nSPS) is 12.6. The number of hydrogen-bond acceptors (Lipinski definition) is 7. The highest BCUT2D eigenvalue weighted by Crippen LogP contribution is 2.29. The molecule has 0 saturated heterocycles. The van der Waals surface area contributed by atoms with Crippen LogP contribution in [0.25, 0.3) is 0 Å². The van der Waals surface area contributed by atoms with Gasteiger partial charge in [-0.2, -0.15) is 11.8 Å². The van der Waals surface area contributed by atoms with Gasteiger partial charge in [-0.3, -0.25) is 4.79 Å². The third-order valence-corrected chi connectivity index (χ3v) is 7.96. The van der Waals surface area contributed by atoms with Crippen molar-refractivity contribution in [3.05, 3.63) is 99.8 Å². The van der Waals surface area contributed by atoms with Crippen molar-refractivity contribution < 1.29 is 23.8 Å². The van der Waals surface area contributed by atoms with Crippen LogP contribution in [-0.4, -0.2) is 49.6 Å². The molecule has 0 aliphatic carbocycles. The molecule has 4 aromatic rings. The van der Waals surface area contributed by atoms with Crippen molar-refractivity contribution in [1.82, 2.24) is 19.9 Å². The first kappa shape index (κ1) is 29.3. The first-order chi connectivity index (χ1) is 19.3. The Hall–Kier alpha value is -3.70. The lowest BCUT2D eigenvalue weighted by atomic mass is 9.98. The number of carbonyl (C=O) groups excluding carboxylic acids is 1. The van der Waals surface area contributed by atoms with Gasteiger partial charge in [0.05, 0.1) is 6.33 Å². The monoisotopic (exact) mass is 582 g/mol. The number of imidazole rings is 1. The highest BCUT2D eigenvalue weighted by molar-refractivity contribution is 7.98. The number of hydrogen-bond donors (Lipinski definition) is 2. The summed E-state index contributed by atoms with van der Waals surface area (Å²) >= 11 is 3.00. The van der Waals surface area contributed by atoms with Gasteiger partial charge < -0.3 is 19.7 Å². The van der Waals surface area contributed by atoms with E-state index >= 15 is 0 Å². The number of nitrogens with one attached hydrogen (secondary N) is 1. The number of thiazole rings is 1. The SMILES string of the molecule is CSCC[C@H](NC(=O)c1cc(OC(Cc2cncn2C)c2nccs2)ccc1CCc1ccc(F)cc1)C(=O)O. The molecule has 0 aliphatic heterocycles. The van der Waals surface area contributed by atoms with Gasteiger partial charge in [0, 0.05) is 42.5 Å². The molecule has 210 valence electrons. The molecule has 2 N–H and O–H groups in total. The maximum atomic E-state index is 13.5.